The smallest absolute Gasteiger partial charge is 0.270 e. The second kappa shape index (κ2) is 6.71. The lowest BCUT2D eigenvalue weighted by Gasteiger charge is -2.20. The molecule has 0 aliphatic heterocycles. The van der Waals surface area contributed by atoms with Crippen LogP contribution in [0.25, 0.3) is 16.9 Å². The molecule has 3 rings (SSSR count). The first-order chi connectivity index (χ1) is 12.2. The molecule has 0 unspecified atom stereocenters. The molecule has 2 aromatic carbocycles. The molecule has 4 nitrogen and oxygen atoms in total. The Bertz CT molecular complexity index is 923. The molecule has 1 aromatic heterocycles. The molecule has 0 spiro atoms. The molecule has 1 N–H and O–H groups in total. The highest BCUT2D eigenvalue weighted by Crippen LogP contribution is 2.23. The van der Waals surface area contributed by atoms with Crippen LogP contribution in [0.2, 0.25) is 0 Å². The lowest BCUT2D eigenvalue weighted by molar-refractivity contribution is 0.0911. The number of hydrogen-bond acceptors (Lipinski definition) is 2. The highest BCUT2D eigenvalue weighted by Gasteiger charge is 2.21. The maximum absolute atomic E-state index is 13.2. The molecule has 0 aliphatic carbocycles. The summed E-state index contributed by atoms with van der Waals surface area (Å²) in [6, 6.07) is 13.2. The Kier molecular flexibility index (Phi) is 4.59. The highest BCUT2D eigenvalue weighted by molar-refractivity contribution is 5.94. The van der Waals surface area contributed by atoms with Crippen LogP contribution in [-0.4, -0.2) is 21.2 Å². The zero-order valence-electron chi connectivity index (χ0n) is 14.8. The maximum atomic E-state index is 13.2. The van der Waals surface area contributed by atoms with Crippen LogP contribution in [0.1, 0.15) is 31.3 Å². The van der Waals surface area contributed by atoms with Gasteiger partial charge in [-0.05, 0) is 75.4 Å². The zero-order chi connectivity index (χ0) is 18.9. The Balaban J connectivity index is 2.09. The van der Waals surface area contributed by atoms with E-state index >= 15 is 0 Å². The molecule has 0 atom stereocenters. The van der Waals surface area contributed by atoms with E-state index in [0.29, 0.717) is 22.6 Å². The summed E-state index contributed by atoms with van der Waals surface area (Å²) >= 11 is 0. The standard InChI is InChI=1S/C20H19F2N3O/c1-20(2,3)23-19(26)18-12-17(13-4-6-14(21)7-5-13)24-25(18)16-10-8-15(22)9-11-16/h4-12H,1-3H3,(H,23,26). The van der Waals surface area contributed by atoms with E-state index in [-0.39, 0.29) is 17.5 Å². The van der Waals surface area contributed by atoms with Gasteiger partial charge in [-0.25, -0.2) is 13.5 Å². The van der Waals surface area contributed by atoms with Gasteiger partial charge in [0, 0.05) is 11.1 Å². The topological polar surface area (TPSA) is 46.9 Å². The highest BCUT2D eigenvalue weighted by atomic mass is 19.1. The van der Waals surface area contributed by atoms with Crippen LogP contribution in [0.5, 0.6) is 0 Å². The molecular formula is C20H19F2N3O. The lowest BCUT2D eigenvalue weighted by Crippen LogP contribution is -2.41. The van der Waals surface area contributed by atoms with Crippen molar-refractivity contribution >= 4 is 5.91 Å². The van der Waals surface area contributed by atoms with Gasteiger partial charge in [-0.3, -0.25) is 4.79 Å². The van der Waals surface area contributed by atoms with Crippen molar-refractivity contribution in [2.24, 2.45) is 0 Å². The molecule has 0 radical (unpaired) electrons. The van der Waals surface area contributed by atoms with Crippen LogP contribution in [0.3, 0.4) is 0 Å². The van der Waals surface area contributed by atoms with Gasteiger partial charge in [0.15, 0.2) is 0 Å². The fourth-order valence-electron chi connectivity index (χ4n) is 2.49. The number of rotatable bonds is 3. The summed E-state index contributed by atoms with van der Waals surface area (Å²) in [6.07, 6.45) is 0. The predicted octanol–water partition coefficient (Wildman–Crippen LogP) is 4.35. The van der Waals surface area contributed by atoms with Gasteiger partial charge in [0.25, 0.3) is 5.91 Å². The summed E-state index contributed by atoms with van der Waals surface area (Å²) in [6.45, 7) is 5.64. The average molecular weight is 355 g/mol. The summed E-state index contributed by atoms with van der Waals surface area (Å²) in [4.78, 5) is 12.7. The first kappa shape index (κ1) is 17.8. The number of benzene rings is 2. The molecule has 1 amide bonds. The van der Waals surface area contributed by atoms with Crippen LogP contribution >= 0.6 is 0 Å². The molecule has 0 saturated carbocycles. The molecule has 0 bridgehead atoms. The third-order valence-electron chi connectivity index (χ3n) is 3.64. The summed E-state index contributed by atoms with van der Waals surface area (Å²) in [5, 5.41) is 7.37. The Morgan fingerprint density at radius 1 is 0.962 bits per heavy atom. The summed E-state index contributed by atoms with van der Waals surface area (Å²) in [5.41, 5.74) is 1.64. The minimum Gasteiger partial charge on any atom is -0.346 e. The second-order valence-corrected chi connectivity index (χ2v) is 7.01. The van der Waals surface area contributed by atoms with Crippen molar-refractivity contribution < 1.29 is 13.6 Å². The Hall–Kier alpha value is -3.02. The van der Waals surface area contributed by atoms with Gasteiger partial charge in [0.2, 0.25) is 0 Å². The van der Waals surface area contributed by atoms with Crippen LogP contribution < -0.4 is 5.32 Å². The van der Waals surface area contributed by atoms with Crippen LogP contribution in [0, 0.1) is 11.6 Å². The molecule has 6 heteroatoms. The number of amides is 1. The quantitative estimate of drug-likeness (QED) is 0.759. The van der Waals surface area contributed by atoms with Gasteiger partial charge >= 0.3 is 0 Å². The van der Waals surface area contributed by atoms with E-state index in [1.165, 1.54) is 28.9 Å². The number of carbonyl (C=O) groups excluding carboxylic acids is 1. The Labute approximate surface area is 150 Å². The van der Waals surface area contributed by atoms with Gasteiger partial charge < -0.3 is 5.32 Å². The van der Waals surface area contributed by atoms with Crippen molar-refractivity contribution in [3.8, 4) is 16.9 Å². The van der Waals surface area contributed by atoms with Crippen molar-refractivity contribution in [3.63, 3.8) is 0 Å². The molecule has 134 valence electrons. The molecule has 3 aromatic rings. The van der Waals surface area contributed by atoms with E-state index in [9.17, 15) is 13.6 Å². The Morgan fingerprint density at radius 2 is 1.50 bits per heavy atom. The number of nitrogens with one attached hydrogen (secondary N) is 1. The molecule has 0 fully saturated rings. The minimum atomic E-state index is -0.426. The summed E-state index contributed by atoms with van der Waals surface area (Å²) in [7, 11) is 0. The Morgan fingerprint density at radius 3 is 2.04 bits per heavy atom. The molecule has 0 saturated heterocycles. The number of aromatic nitrogens is 2. The second-order valence-electron chi connectivity index (χ2n) is 7.01. The van der Waals surface area contributed by atoms with Crippen molar-refractivity contribution in [3.05, 3.63) is 71.9 Å². The number of halogens is 2. The third kappa shape index (κ3) is 3.96. The van der Waals surface area contributed by atoms with Gasteiger partial charge in [0.1, 0.15) is 17.3 Å². The number of carbonyl (C=O) groups is 1. The zero-order valence-corrected chi connectivity index (χ0v) is 14.8. The molecular weight excluding hydrogens is 336 g/mol. The molecule has 0 aliphatic rings. The first-order valence-corrected chi connectivity index (χ1v) is 8.17. The average Bonchev–Trinajstić information content (AvgIpc) is 3.00. The first-order valence-electron chi connectivity index (χ1n) is 8.17. The molecule has 26 heavy (non-hydrogen) atoms. The van der Waals surface area contributed by atoms with Gasteiger partial charge in [-0.1, -0.05) is 0 Å². The van der Waals surface area contributed by atoms with Gasteiger partial charge in [0.05, 0.1) is 11.4 Å². The lowest BCUT2D eigenvalue weighted by atomic mass is 10.1. The van der Waals surface area contributed by atoms with Crippen molar-refractivity contribution in [1.29, 1.82) is 0 Å². The van der Waals surface area contributed by atoms with E-state index in [2.05, 4.69) is 10.4 Å². The van der Waals surface area contributed by atoms with Crippen LogP contribution in [-0.2, 0) is 0 Å². The SMILES string of the molecule is CC(C)(C)NC(=O)c1cc(-c2ccc(F)cc2)nn1-c1ccc(F)cc1. The largest absolute Gasteiger partial charge is 0.346 e. The van der Waals surface area contributed by atoms with E-state index < -0.39 is 5.54 Å². The van der Waals surface area contributed by atoms with Crippen LogP contribution in [0.4, 0.5) is 8.78 Å². The molecule has 1 heterocycles. The predicted molar refractivity (Wildman–Crippen MR) is 96.1 cm³/mol. The number of nitrogens with zero attached hydrogens (tertiary/aromatic N) is 2. The minimum absolute atomic E-state index is 0.303. The van der Waals surface area contributed by atoms with Gasteiger partial charge in [-0.15, -0.1) is 0 Å². The fourth-order valence-corrected chi connectivity index (χ4v) is 2.49. The van der Waals surface area contributed by atoms with Crippen molar-refractivity contribution in [1.82, 2.24) is 15.1 Å². The normalized spacial score (nSPS) is 11.4. The van der Waals surface area contributed by atoms with E-state index in [1.54, 1.807) is 30.3 Å². The van der Waals surface area contributed by atoms with Crippen molar-refractivity contribution in [2.45, 2.75) is 26.3 Å². The van der Waals surface area contributed by atoms with Crippen LogP contribution in [0.15, 0.2) is 54.6 Å². The maximum Gasteiger partial charge on any atom is 0.270 e. The van der Waals surface area contributed by atoms with E-state index in [0.717, 1.165) is 0 Å². The van der Waals surface area contributed by atoms with E-state index in [4.69, 9.17) is 0 Å². The van der Waals surface area contributed by atoms with Crippen molar-refractivity contribution in [2.75, 3.05) is 0 Å². The third-order valence-corrected chi connectivity index (χ3v) is 3.64. The monoisotopic (exact) mass is 355 g/mol. The number of hydrogen-bond donors (Lipinski definition) is 1. The van der Waals surface area contributed by atoms with E-state index in [1.807, 2.05) is 20.8 Å². The summed E-state index contributed by atoms with van der Waals surface area (Å²) < 4.78 is 27.9. The summed E-state index contributed by atoms with van der Waals surface area (Å²) in [5.74, 6) is -1.03. The van der Waals surface area contributed by atoms with Gasteiger partial charge in [-0.2, -0.15) is 5.10 Å². The fraction of sp³-hybridized carbons (Fsp3) is 0.200.